The third kappa shape index (κ3) is 7.85. The van der Waals surface area contributed by atoms with Crippen molar-refractivity contribution in [2.75, 3.05) is 13.7 Å². The minimum absolute atomic E-state index is 0.00430. The maximum absolute atomic E-state index is 13.3. The van der Waals surface area contributed by atoms with Gasteiger partial charge in [0.05, 0.1) is 12.7 Å². The van der Waals surface area contributed by atoms with Gasteiger partial charge in [0.25, 0.3) is 0 Å². The molecule has 1 aliphatic rings. The molecule has 0 N–H and O–H groups in total. The molecule has 1 saturated heterocycles. The Kier molecular flexibility index (Phi) is 10.0. The van der Waals surface area contributed by atoms with Crippen molar-refractivity contribution in [2.24, 2.45) is 11.8 Å². The van der Waals surface area contributed by atoms with Gasteiger partial charge in [0.1, 0.15) is 0 Å². The number of ketones is 1. The molecule has 7 heteroatoms. The lowest BCUT2D eigenvalue weighted by atomic mass is 9.82. The zero-order chi connectivity index (χ0) is 29.6. The number of rotatable bonds is 10. The maximum Gasteiger partial charge on any atom is 0.416 e. The molecule has 0 saturated carbocycles. The normalized spacial score (nSPS) is 18.7. The van der Waals surface area contributed by atoms with Gasteiger partial charge in [-0.2, -0.15) is 13.2 Å². The first kappa shape index (κ1) is 30.5. The molecule has 0 aliphatic carbocycles. The Balaban J connectivity index is 1.67. The molecule has 0 spiro atoms. The molecule has 3 atom stereocenters. The summed E-state index contributed by atoms with van der Waals surface area (Å²) < 4.78 is 44.9. The van der Waals surface area contributed by atoms with Gasteiger partial charge in [-0.25, -0.2) is 0 Å². The van der Waals surface area contributed by atoms with Gasteiger partial charge in [0.15, 0.2) is 5.78 Å². The SMILES string of the molecule is COC(=O)C[C@H]1CCN([C@H](CCC(C)C)c2ccc(C(=O)c3ccccc3)cc2)[C@H](c2ccc(C(F)(F)F)cc2)C1. The second-order valence-corrected chi connectivity index (χ2v) is 11.3. The predicted molar refractivity (Wildman–Crippen MR) is 153 cm³/mol. The standard InChI is InChI=1S/C34H38F3NO3/c1-23(2)9-18-30(25-10-12-28(13-11-25)33(40)27-7-5-4-6-8-27)38-20-19-24(22-32(39)41-3)21-31(38)26-14-16-29(17-15-26)34(35,36)37/h4-8,10-17,23-24,30-31H,9,18-22H2,1-3H3/t24-,30+,31-/m0/s1. The fourth-order valence-electron chi connectivity index (χ4n) is 5.78. The molecule has 0 bridgehead atoms. The number of halogens is 3. The number of benzene rings is 3. The van der Waals surface area contributed by atoms with Crippen LogP contribution in [0, 0.1) is 11.8 Å². The van der Waals surface area contributed by atoms with Gasteiger partial charge < -0.3 is 4.74 Å². The number of carbonyl (C=O) groups is 2. The van der Waals surface area contributed by atoms with Crippen LogP contribution < -0.4 is 0 Å². The van der Waals surface area contributed by atoms with E-state index in [1.165, 1.54) is 7.11 Å². The fraction of sp³-hybridized carbons (Fsp3) is 0.412. The molecule has 1 fully saturated rings. The summed E-state index contributed by atoms with van der Waals surface area (Å²) in [6.45, 7) is 5.05. The number of nitrogens with zero attached hydrogens (tertiary/aromatic N) is 1. The van der Waals surface area contributed by atoms with E-state index < -0.39 is 11.7 Å². The number of piperidine rings is 1. The van der Waals surface area contributed by atoms with E-state index in [2.05, 4.69) is 18.7 Å². The molecule has 0 radical (unpaired) electrons. The van der Waals surface area contributed by atoms with Gasteiger partial charge in [0, 0.05) is 29.6 Å². The number of methoxy groups -OCH3 is 1. The highest BCUT2D eigenvalue weighted by atomic mass is 19.4. The van der Waals surface area contributed by atoms with E-state index in [9.17, 15) is 22.8 Å². The van der Waals surface area contributed by atoms with Gasteiger partial charge in [-0.15, -0.1) is 0 Å². The smallest absolute Gasteiger partial charge is 0.416 e. The summed E-state index contributed by atoms with van der Waals surface area (Å²) in [5.41, 5.74) is 2.44. The minimum atomic E-state index is -4.41. The highest BCUT2D eigenvalue weighted by Gasteiger charge is 2.36. The highest BCUT2D eigenvalue weighted by Crippen LogP contribution is 2.43. The topological polar surface area (TPSA) is 46.6 Å². The van der Waals surface area contributed by atoms with Crippen molar-refractivity contribution in [2.45, 2.75) is 64.2 Å². The Morgan fingerprint density at radius 3 is 2.12 bits per heavy atom. The van der Waals surface area contributed by atoms with Crippen molar-refractivity contribution in [3.63, 3.8) is 0 Å². The van der Waals surface area contributed by atoms with Gasteiger partial charge >= 0.3 is 12.1 Å². The van der Waals surface area contributed by atoms with Gasteiger partial charge in [-0.3, -0.25) is 14.5 Å². The zero-order valence-corrected chi connectivity index (χ0v) is 23.9. The van der Waals surface area contributed by atoms with Gasteiger partial charge in [-0.05, 0) is 67.3 Å². The molecule has 0 aromatic heterocycles. The van der Waals surface area contributed by atoms with Crippen molar-refractivity contribution < 1.29 is 27.5 Å². The Morgan fingerprint density at radius 2 is 1.54 bits per heavy atom. The maximum atomic E-state index is 13.3. The van der Waals surface area contributed by atoms with E-state index in [0.29, 0.717) is 30.0 Å². The van der Waals surface area contributed by atoms with Crippen molar-refractivity contribution in [1.29, 1.82) is 0 Å². The lowest BCUT2D eigenvalue weighted by molar-refractivity contribution is -0.142. The van der Waals surface area contributed by atoms with Crippen LogP contribution in [0.2, 0.25) is 0 Å². The molecule has 41 heavy (non-hydrogen) atoms. The third-order valence-corrected chi connectivity index (χ3v) is 8.07. The van der Waals surface area contributed by atoms with Crippen LogP contribution in [0.5, 0.6) is 0 Å². The molecule has 4 nitrogen and oxygen atoms in total. The lowest BCUT2D eigenvalue weighted by Crippen LogP contribution is -2.40. The number of hydrogen-bond acceptors (Lipinski definition) is 4. The van der Waals surface area contributed by atoms with Crippen LogP contribution >= 0.6 is 0 Å². The second kappa shape index (κ2) is 13.5. The Hall–Kier alpha value is -3.45. The number of likely N-dealkylation sites (tertiary alicyclic amines) is 1. The van der Waals surface area contributed by atoms with Crippen LogP contribution in [0.1, 0.15) is 90.6 Å². The molecule has 1 aliphatic heterocycles. The van der Waals surface area contributed by atoms with E-state index >= 15 is 0 Å². The third-order valence-electron chi connectivity index (χ3n) is 8.07. The van der Waals surface area contributed by atoms with Crippen LogP contribution in [-0.2, 0) is 15.7 Å². The first-order valence-electron chi connectivity index (χ1n) is 14.3. The van der Waals surface area contributed by atoms with Gasteiger partial charge in [-0.1, -0.05) is 80.6 Å². The Morgan fingerprint density at radius 1 is 0.902 bits per heavy atom. The monoisotopic (exact) mass is 565 g/mol. The number of carbonyl (C=O) groups excluding carboxylic acids is 2. The van der Waals surface area contributed by atoms with Crippen LogP contribution in [-0.4, -0.2) is 30.3 Å². The van der Waals surface area contributed by atoms with Gasteiger partial charge in [0.2, 0.25) is 0 Å². The Labute approximate surface area is 240 Å². The molecule has 4 rings (SSSR count). The summed E-state index contributed by atoms with van der Waals surface area (Å²) in [5, 5.41) is 0. The van der Waals surface area contributed by atoms with E-state index in [0.717, 1.165) is 42.5 Å². The van der Waals surface area contributed by atoms with Crippen LogP contribution in [0.4, 0.5) is 13.2 Å². The van der Waals surface area contributed by atoms with Crippen molar-refractivity contribution >= 4 is 11.8 Å². The van der Waals surface area contributed by atoms with E-state index in [-0.39, 0.29) is 36.2 Å². The molecule has 1 heterocycles. The average molecular weight is 566 g/mol. The first-order valence-corrected chi connectivity index (χ1v) is 14.3. The molecular formula is C34H38F3NO3. The summed E-state index contributed by atoms with van der Waals surface area (Å²) in [7, 11) is 1.37. The quantitative estimate of drug-likeness (QED) is 0.183. The van der Waals surface area contributed by atoms with Crippen molar-refractivity contribution in [3.05, 3.63) is 107 Å². The average Bonchev–Trinajstić information content (AvgIpc) is 2.97. The number of hydrogen-bond donors (Lipinski definition) is 0. The molecular weight excluding hydrogens is 527 g/mol. The number of esters is 1. The van der Waals surface area contributed by atoms with Crippen LogP contribution in [0.25, 0.3) is 0 Å². The second-order valence-electron chi connectivity index (χ2n) is 11.3. The molecule has 0 unspecified atom stereocenters. The predicted octanol–water partition coefficient (Wildman–Crippen LogP) is 8.43. The van der Waals surface area contributed by atoms with Crippen LogP contribution in [0.3, 0.4) is 0 Å². The largest absolute Gasteiger partial charge is 0.469 e. The van der Waals surface area contributed by atoms with E-state index in [1.807, 2.05) is 42.5 Å². The van der Waals surface area contributed by atoms with Crippen LogP contribution in [0.15, 0.2) is 78.9 Å². The molecule has 218 valence electrons. The summed E-state index contributed by atoms with van der Waals surface area (Å²) in [5.74, 6) is 0.229. The lowest BCUT2D eigenvalue weighted by Gasteiger charge is -2.44. The summed E-state index contributed by atoms with van der Waals surface area (Å²) >= 11 is 0. The molecule has 0 amide bonds. The number of alkyl halides is 3. The summed E-state index contributed by atoms with van der Waals surface area (Å²) in [6, 6.07) is 22.2. The molecule has 3 aromatic carbocycles. The van der Waals surface area contributed by atoms with E-state index in [1.54, 1.807) is 24.3 Å². The van der Waals surface area contributed by atoms with Crippen molar-refractivity contribution in [3.8, 4) is 0 Å². The minimum Gasteiger partial charge on any atom is -0.469 e. The van der Waals surface area contributed by atoms with E-state index in [4.69, 9.17) is 4.74 Å². The molecule has 3 aromatic rings. The first-order chi connectivity index (χ1) is 19.6. The van der Waals surface area contributed by atoms with Crippen molar-refractivity contribution in [1.82, 2.24) is 4.90 Å². The summed E-state index contributed by atoms with van der Waals surface area (Å²) in [4.78, 5) is 27.5. The Bertz CT molecular complexity index is 1290. The summed E-state index contributed by atoms with van der Waals surface area (Å²) in [6.07, 6.45) is -0.858. The zero-order valence-electron chi connectivity index (χ0n) is 23.9. The number of ether oxygens (including phenoxy) is 1. The fourth-order valence-corrected chi connectivity index (χ4v) is 5.78. The highest BCUT2D eigenvalue weighted by molar-refractivity contribution is 6.08.